The monoisotopic (exact) mass is 470 g/mol. The van der Waals surface area contributed by atoms with Gasteiger partial charge < -0.3 is 4.90 Å². The second-order valence-corrected chi connectivity index (χ2v) is 10.1. The SMILES string of the molecule is CCN(CC)[C@H]1CCN(C(=O)c2cnn(-c3ncc4c(n3)-c3ccccc3CCC4)c2C2CC2)C1. The predicted octanol–water partition coefficient (Wildman–Crippen LogP) is 4.25. The molecule has 7 heteroatoms. The molecule has 2 fully saturated rings. The first kappa shape index (κ1) is 22.4. The van der Waals surface area contributed by atoms with Crippen LogP contribution in [0.3, 0.4) is 0 Å². The Labute approximate surface area is 207 Å². The second-order valence-electron chi connectivity index (χ2n) is 10.1. The Hall–Kier alpha value is -3.06. The first-order valence-corrected chi connectivity index (χ1v) is 13.2. The number of aromatic nitrogens is 4. The fraction of sp³-hybridized carbons (Fsp3) is 0.500. The Balaban J connectivity index is 1.34. The van der Waals surface area contributed by atoms with Crippen LogP contribution in [0.2, 0.25) is 0 Å². The van der Waals surface area contributed by atoms with Crippen molar-refractivity contribution in [3.05, 3.63) is 59.0 Å². The van der Waals surface area contributed by atoms with Crippen LogP contribution >= 0.6 is 0 Å². The van der Waals surface area contributed by atoms with E-state index in [1.165, 1.54) is 16.7 Å². The molecule has 7 nitrogen and oxygen atoms in total. The molecule has 0 N–H and O–H groups in total. The smallest absolute Gasteiger partial charge is 0.257 e. The number of amides is 1. The van der Waals surface area contributed by atoms with Crippen LogP contribution in [-0.4, -0.2) is 67.7 Å². The molecule has 2 aliphatic carbocycles. The topological polar surface area (TPSA) is 67.2 Å². The third-order valence-corrected chi connectivity index (χ3v) is 7.99. The highest BCUT2D eigenvalue weighted by atomic mass is 16.2. The minimum atomic E-state index is 0.105. The van der Waals surface area contributed by atoms with Crippen LogP contribution in [0.1, 0.15) is 72.6 Å². The van der Waals surface area contributed by atoms with Crippen molar-refractivity contribution in [3.63, 3.8) is 0 Å². The molecule has 6 rings (SSSR count). The third-order valence-electron chi connectivity index (χ3n) is 7.99. The number of carbonyl (C=O) groups excluding carboxylic acids is 1. The van der Waals surface area contributed by atoms with E-state index >= 15 is 0 Å². The number of rotatable bonds is 6. The average molecular weight is 471 g/mol. The molecule has 0 unspecified atom stereocenters. The lowest BCUT2D eigenvalue weighted by molar-refractivity contribution is 0.0776. The van der Waals surface area contributed by atoms with Crippen LogP contribution in [0.5, 0.6) is 0 Å². The number of hydrogen-bond acceptors (Lipinski definition) is 5. The summed E-state index contributed by atoms with van der Waals surface area (Å²) in [5, 5.41) is 4.69. The standard InChI is InChI=1S/C28H34N6O/c1-3-32(4-2)22-14-15-33(18-22)27(35)24-17-30-34(26(24)20-12-13-20)28-29-16-21-10-7-9-19-8-5-6-11-23(19)25(21)31-28/h5-6,8,11,16-17,20,22H,3-4,7,9-10,12-15,18H2,1-2H3/t22-/m0/s1. The Bertz CT molecular complexity index is 1240. The van der Waals surface area contributed by atoms with Crippen molar-refractivity contribution in [2.24, 2.45) is 0 Å². The van der Waals surface area contributed by atoms with Gasteiger partial charge in [-0.3, -0.25) is 9.69 Å². The van der Waals surface area contributed by atoms with E-state index in [1.807, 2.05) is 15.8 Å². The summed E-state index contributed by atoms with van der Waals surface area (Å²) in [6.45, 7) is 8.04. The Morgan fingerprint density at radius 1 is 1.06 bits per heavy atom. The van der Waals surface area contributed by atoms with E-state index in [0.29, 0.717) is 17.9 Å². The molecule has 2 aromatic heterocycles. The van der Waals surface area contributed by atoms with E-state index in [4.69, 9.17) is 9.97 Å². The summed E-state index contributed by atoms with van der Waals surface area (Å²) in [7, 11) is 0. The number of carbonyl (C=O) groups is 1. The number of likely N-dealkylation sites (tertiary alicyclic amines) is 1. The zero-order valence-electron chi connectivity index (χ0n) is 20.8. The largest absolute Gasteiger partial charge is 0.337 e. The number of nitrogens with zero attached hydrogens (tertiary/aromatic N) is 6. The molecule has 35 heavy (non-hydrogen) atoms. The molecular formula is C28H34N6O. The van der Waals surface area contributed by atoms with Gasteiger partial charge in [-0.15, -0.1) is 0 Å². The van der Waals surface area contributed by atoms with Crippen molar-refractivity contribution >= 4 is 5.91 Å². The predicted molar refractivity (Wildman–Crippen MR) is 136 cm³/mol. The van der Waals surface area contributed by atoms with E-state index in [0.717, 1.165) is 81.7 Å². The lowest BCUT2D eigenvalue weighted by atomic mass is 10.0. The van der Waals surface area contributed by atoms with E-state index in [2.05, 4.69) is 48.1 Å². The minimum Gasteiger partial charge on any atom is -0.337 e. The van der Waals surface area contributed by atoms with Gasteiger partial charge in [0.2, 0.25) is 0 Å². The quantitative estimate of drug-likeness (QED) is 0.539. The Kier molecular flexibility index (Phi) is 5.88. The number of benzene rings is 1. The molecular weight excluding hydrogens is 436 g/mol. The highest BCUT2D eigenvalue weighted by molar-refractivity contribution is 5.95. The van der Waals surface area contributed by atoms with Gasteiger partial charge in [0.05, 0.1) is 23.1 Å². The highest BCUT2D eigenvalue weighted by Gasteiger charge is 2.37. The summed E-state index contributed by atoms with van der Waals surface area (Å²) >= 11 is 0. The number of fused-ring (bicyclic) bond motifs is 3. The van der Waals surface area contributed by atoms with Crippen molar-refractivity contribution in [1.82, 2.24) is 29.5 Å². The van der Waals surface area contributed by atoms with Gasteiger partial charge in [-0.1, -0.05) is 38.1 Å². The second kappa shape index (κ2) is 9.19. The molecule has 3 aromatic rings. The van der Waals surface area contributed by atoms with Gasteiger partial charge >= 0.3 is 0 Å². The minimum absolute atomic E-state index is 0.105. The van der Waals surface area contributed by atoms with Gasteiger partial charge in [0.15, 0.2) is 0 Å². The maximum Gasteiger partial charge on any atom is 0.257 e. The summed E-state index contributed by atoms with van der Waals surface area (Å²) in [5.74, 6) is 1.03. The van der Waals surface area contributed by atoms with Gasteiger partial charge in [-0.25, -0.2) is 14.6 Å². The first-order chi connectivity index (χ1) is 17.2. The van der Waals surface area contributed by atoms with Crippen LogP contribution in [0.15, 0.2) is 36.7 Å². The first-order valence-electron chi connectivity index (χ1n) is 13.2. The number of likely N-dealkylation sites (N-methyl/N-ethyl adjacent to an activating group) is 1. The molecule has 1 amide bonds. The Morgan fingerprint density at radius 3 is 2.66 bits per heavy atom. The van der Waals surface area contributed by atoms with Crippen LogP contribution in [0.25, 0.3) is 17.2 Å². The van der Waals surface area contributed by atoms with Crippen LogP contribution in [-0.2, 0) is 12.8 Å². The van der Waals surface area contributed by atoms with Crippen LogP contribution in [0.4, 0.5) is 0 Å². The highest BCUT2D eigenvalue weighted by Crippen LogP contribution is 2.43. The van der Waals surface area contributed by atoms with Gasteiger partial charge in [0.25, 0.3) is 11.9 Å². The fourth-order valence-electron chi connectivity index (χ4n) is 5.92. The molecule has 182 valence electrons. The Morgan fingerprint density at radius 2 is 1.86 bits per heavy atom. The van der Waals surface area contributed by atoms with E-state index in [-0.39, 0.29) is 5.91 Å². The molecule has 1 atom stereocenters. The number of hydrogen-bond donors (Lipinski definition) is 0. The molecule has 1 aromatic carbocycles. The van der Waals surface area contributed by atoms with Crippen LogP contribution in [0, 0.1) is 0 Å². The fourth-order valence-corrected chi connectivity index (χ4v) is 5.92. The van der Waals surface area contributed by atoms with E-state index < -0.39 is 0 Å². The molecule has 0 bridgehead atoms. The summed E-state index contributed by atoms with van der Waals surface area (Å²) in [4.78, 5) is 27.9. The summed E-state index contributed by atoms with van der Waals surface area (Å²) in [5.41, 5.74) is 6.45. The molecule has 0 radical (unpaired) electrons. The lowest BCUT2D eigenvalue weighted by Crippen LogP contribution is -2.38. The van der Waals surface area contributed by atoms with Crippen molar-refractivity contribution in [3.8, 4) is 17.2 Å². The van der Waals surface area contributed by atoms with Gasteiger partial charge in [-0.05, 0) is 62.7 Å². The maximum absolute atomic E-state index is 13.6. The van der Waals surface area contributed by atoms with Crippen molar-refractivity contribution < 1.29 is 4.79 Å². The molecule has 1 aliphatic heterocycles. The summed E-state index contributed by atoms with van der Waals surface area (Å²) in [6, 6.07) is 8.99. The maximum atomic E-state index is 13.6. The van der Waals surface area contributed by atoms with E-state index in [9.17, 15) is 4.79 Å². The van der Waals surface area contributed by atoms with Crippen molar-refractivity contribution in [1.29, 1.82) is 0 Å². The zero-order chi connectivity index (χ0) is 23.9. The zero-order valence-corrected chi connectivity index (χ0v) is 20.8. The van der Waals surface area contributed by atoms with Gasteiger partial charge in [0.1, 0.15) is 0 Å². The van der Waals surface area contributed by atoms with Crippen LogP contribution < -0.4 is 0 Å². The average Bonchev–Trinajstić information content (AvgIpc) is 3.50. The van der Waals surface area contributed by atoms with Crippen molar-refractivity contribution in [2.45, 2.75) is 64.3 Å². The van der Waals surface area contributed by atoms with Gasteiger partial charge in [-0.2, -0.15) is 5.10 Å². The number of aryl methyl sites for hydroxylation is 2. The van der Waals surface area contributed by atoms with Gasteiger partial charge in [0, 0.05) is 36.8 Å². The molecule has 0 spiro atoms. The summed E-state index contributed by atoms with van der Waals surface area (Å²) in [6.07, 6.45) is 10.1. The van der Waals surface area contributed by atoms with Crippen molar-refractivity contribution in [2.75, 3.05) is 26.2 Å². The lowest BCUT2D eigenvalue weighted by Gasteiger charge is -2.26. The molecule has 1 saturated heterocycles. The summed E-state index contributed by atoms with van der Waals surface area (Å²) < 4.78 is 1.84. The van der Waals surface area contributed by atoms with E-state index in [1.54, 1.807) is 6.20 Å². The third kappa shape index (κ3) is 4.05. The molecule has 3 aliphatic rings. The molecule has 3 heterocycles. The normalized spacial score (nSPS) is 19.5. The molecule has 1 saturated carbocycles.